The molecule has 2 atom stereocenters. The summed E-state index contributed by atoms with van der Waals surface area (Å²) in [5, 5.41) is 11.5. The Morgan fingerprint density at radius 1 is 1.30 bits per heavy atom. The summed E-state index contributed by atoms with van der Waals surface area (Å²) in [4.78, 5) is 22.7. The maximum Gasteiger partial charge on any atom is 0.408 e. The van der Waals surface area contributed by atoms with Crippen LogP contribution in [0, 0.1) is 5.92 Å². The van der Waals surface area contributed by atoms with Gasteiger partial charge in [0, 0.05) is 0 Å². The van der Waals surface area contributed by atoms with E-state index in [0.717, 1.165) is 19.3 Å². The molecule has 0 saturated heterocycles. The number of carboxylic acid groups (broad SMARTS) is 1. The molecule has 0 aliphatic rings. The molecular formula is C15H27NO4. The highest BCUT2D eigenvalue weighted by molar-refractivity contribution is 5.79. The Bertz CT molecular complexity index is 333. The summed E-state index contributed by atoms with van der Waals surface area (Å²) in [6.45, 7) is 10.9. The topological polar surface area (TPSA) is 75.6 Å². The molecule has 0 aliphatic carbocycles. The normalized spacial score (nSPS) is 14.2. The van der Waals surface area contributed by atoms with Gasteiger partial charge in [-0.05, 0) is 52.4 Å². The fourth-order valence-corrected chi connectivity index (χ4v) is 1.71. The summed E-state index contributed by atoms with van der Waals surface area (Å²) in [6.07, 6.45) is 4.18. The molecular weight excluding hydrogens is 258 g/mol. The fourth-order valence-electron chi connectivity index (χ4n) is 1.71. The number of amides is 1. The van der Waals surface area contributed by atoms with E-state index in [9.17, 15) is 9.59 Å². The van der Waals surface area contributed by atoms with Crippen LogP contribution in [0.5, 0.6) is 0 Å². The lowest BCUT2D eigenvalue weighted by Gasteiger charge is -2.22. The highest BCUT2D eigenvalue weighted by atomic mass is 16.6. The van der Waals surface area contributed by atoms with Gasteiger partial charge in [-0.25, -0.2) is 9.59 Å². The SMILES string of the molecule is C=CCC[C@@H](C)CC[C@H](NC(=O)OC(C)(C)C)C(=O)O. The standard InChI is InChI=1S/C15H27NO4/c1-6-7-8-11(2)9-10-12(13(17)18)16-14(19)20-15(3,4)5/h6,11-12H,1,7-10H2,2-5H3,(H,16,19)(H,17,18)/t11-,12+/m1/s1. The molecule has 0 aromatic rings. The monoisotopic (exact) mass is 285 g/mol. The minimum Gasteiger partial charge on any atom is -0.480 e. The second-order valence-electron chi connectivity index (χ2n) is 6.09. The van der Waals surface area contributed by atoms with Crippen molar-refractivity contribution in [2.24, 2.45) is 5.92 Å². The highest BCUT2D eigenvalue weighted by Crippen LogP contribution is 2.15. The maximum absolute atomic E-state index is 11.6. The second kappa shape index (κ2) is 8.61. The molecule has 116 valence electrons. The second-order valence-corrected chi connectivity index (χ2v) is 6.09. The molecule has 2 N–H and O–H groups in total. The Balaban J connectivity index is 4.27. The van der Waals surface area contributed by atoms with Crippen molar-refractivity contribution in [2.45, 2.75) is 65.0 Å². The van der Waals surface area contributed by atoms with Crippen LogP contribution in [-0.2, 0) is 9.53 Å². The van der Waals surface area contributed by atoms with Crippen molar-refractivity contribution in [3.05, 3.63) is 12.7 Å². The molecule has 0 aromatic carbocycles. The molecule has 5 nitrogen and oxygen atoms in total. The molecule has 0 radical (unpaired) electrons. The van der Waals surface area contributed by atoms with Crippen LogP contribution in [-0.4, -0.2) is 28.8 Å². The van der Waals surface area contributed by atoms with Gasteiger partial charge in [0.15, 0.2) is 0 Å². The van der Waals surface area contributed by atoms with Gasteiger partial charge in [-0.1, -0.05) is 13.0 Å². The molecule has 1 amide bonds. The van der Waals surface area contributed by atoms with Crippen molar-refractivity contribution in [2.75, 3.05) is 0 Å². The average Bonchev–Trinajstić information content (AvgIpc) is 2.29. The highest BCUT2D eigenvalue weighted by Gasteiger charge is 2.24. The largest absolute Gasteiger partial charge is 0.480 e. The molecule has 20 heavy (non-hydrogen) atoms. The molecule has 0 rings (SSSR count). The van der Waals surface area contributed by atoms with Crippen LogP contribution in [0.3, 0.4) is 0 Å². The number of alkyl carbamates (subject to hydrolysis) is 1. The van der Waals surface area contributed by atoms with Crippen LogP contribution in [0.15, 0.2) is 12.7 Å². The zero-order valence-corrected chi connectivity index (χ0v) is 12.9. The maximum atomic E-state index is 11.6. The van der Waals surface area contributed by atoms with Crippen molar-refractivity contribution in [1.29, 1.82) is 0 Å². The first-order valence-electron chi connectivity index (χ1n) is 6.99. The smallest absolute Gasteiger partial charge is 0.408 e. The Labute approximate surface area is 121 Å². The zero-order valence-electron chi connectivity index (χ0n) is 12.9. The summed E-state index contributed by atoms with van der Waals surface area (Å²) in [6, 6.07) is -0.906. The third-order valence-electron chi connectivity index (χ3n) is 2.80. The predicted molar refractivity (Wildman–Crippen MR) is 78.6 cm³/mol. The van der Waals surface area contributed by atoms with Gasteiger partial charge in [-0.2, -0.15) is 0 Å². The molecule has 0 aromatic heterocycles. The number of hydrogen-bond acceptors (Lipinski definition) is 3. The number of aliphatic carboxylic acids is 1. The van der Waals surface area contributed by atoms with Crippen LogP contribution >= 0.6 is 0 Å². The number of carboxylic acids is 1. The number of allylic oxidation sites excluding steroid dienone is 1. The Morgan fingerprint density at radius 3 is 2.35 bits per heavy atom. The first-order chi connectivity index (χ1) is 9.15. The molecule has 0 aliphatic heterocycles. The van der Waals surface area contributed by atoms with Crippen molar-refractivity contribution in [3.8, 4) is 0 Å². The van der Waals surface area contributed by atoms with Crippen molar-refractivity contribution >= 4 is 12.1 Å². The predicted octanol–water partition coefficient (Wildman–Crippen LogP) is 3.35. The van der Waals surface area contributed by atoms with E-state index in [4.69, 9.17) is 9.84 Å². The molecule has 5 heteroatoms. The van der Waals surface area contributed by atoms with Gasteiger partial charge in [-0.3, -0.25) is 0 Å². The average molecular weight is 285 g/mol. The summed E-state index contributed by atoms with van der Waals surface area (Å²) < 4.78 is 5.06. The first-order valence-corrected chi connectivity index (χ1v) is 6.99. The van der Waals surface area contributed by atoms with E-state index in [0.29, 0.717) is 12.3 Å². The van der Waals surface area contributed by atoms with Crippen LogP contribution in [0.1, 0.15) is 53.4 Å². The zero-order chi connectivity index (χ0) is 15.8. The van der Waals surface area contributed by atoms with Crippen LogP contribution < -0.4 is 5.32 Å². The molecule has 0 fully saturated rings. The van der Waals surface area contributed by atoms with Gasteiger partial charge in [0.05, 0.1) is 0 Å². The minimum atomic E-state index is -1.04. The van der Waals surface area contributed by atoms with Gasteiger partial charge in [0.2, 0.25) is 0 Å². The first kappa shape index (κ1) is 18.5. The van der Waals surface area contributed by atoms with E-state index in [1.807, 2.05) is 6.08 Å². The number of hydrogen-bond donors (Lipinski definition) is 2. The van der Waals surface area contributed by atoms with E-state index >= 15 is 0 Å². The quantitative estimate of drug-likeness (QED) is 0.671. The summed E-state index contributed by atoms with van der Waals surface area (Å²) in [5.41, 5.74) is -0.635. The van der Waals surface area contributed by atoms with Crippen LogP contribution in [0.2, 0.25) is 0 Å². The third-order valence-corrected chi connectivity index (χ3v) is 2.80. The van der Waals surface area contributed by atoms with Crippen LogP contribution in [0.4, 0.5) is 4.79 Å². The number of nitrogens with one attached hydrogen (secondary N) is 1. The minimum absolute atomic E-state index is 0.396. The lowest BCUT2D eigenvalue weighted by atomic mass is 9.97. The molecule has 0 bridgehead atoms. The summed E-state index contributed by atoms with van der Waals surface area (Å²) in [5.74, 6) is -0.637. The van der Waals surface area contributed by atoms with Gasteiger partial charge in [0.25, 0.3) is 0 Å². The van der Waals surface area contributed by atoms with Gasteiger partial charge in [-0.15, -0.1) is 6.58 Å². The third kappa shape index (κ3) is 9.42. The molecule has 0 heterocycles. The summed E-state index contributed by atoms with van der Waals surface area (Å²) in [7, 11) is 0. The number of carbonyl (C=O) groups is 2. The van der Waals surface area contributed by atoms with E-state index in [1.165, 1.54) is 0 Å². The Hall–Kier alpha value is -1.52. The number of ether oxygens (including phenoxy) is 1. The van der Waals surface area contributed by atoms with E-state index in [1.54, 1.807) is 20.8 Å². The van der Waals surface area contributed by atoms with Gasteiger partial charge < -0.3 is 15.2 Å². The number of carbonyl (C=O) groups excluding carboxylic acids is 1. The number of rotatable bonds is 8. The van der Waals surface area contributed by atoms with Gasteiger partial charge >= 0.3 is 12.1 Å². The lowest BCUT2D eigenvalue weighted by Crippen LogP contribution is -2.43. The summed E-state index contributed by atoms with van der Waals surface area (Å²) >= 11 is 0. The molecule has 0 spiro atoms. The van der Waals surface area contributed by atoms with E-state index < -0.39 is 23.7 Å². The van der Waals surface area contributed by atoms with Crippen molar-refractivity contribution < 1.29 is 19.4 Å². The van der Waals surface area contributed by atoms with Crippen molar-refractivity contribution in [3.63, 3.8) is 0 Å². The molecule has 0 saturated carbocycles. The fraction of sp³-hybridized carbons (Fsp3) is 0.733. The lowest BCUT2D eigenvalue weighted by molar-refractivity contribution is -0.139. The Morgan fingerprint density at radius 2 is 1.90 bits per heavy atom. The van der Waals surface area contributed by atoms with E-state index in [-0.39, 0.29) is 0 Å². The Kier molecular flexibility index (Phi) is 7.96. The van der Waals surface area contributed by atoms with E-state index in [2.05, 4.69) is 18.8 Å². The van der Waals surface area contributed by atoms with Crippen molar-refractivity contribution in [1.82, 2.24) is 5.32 Å². The van der Waals surface area contributed by atoms with Crippen LogP contribution in [0.25, 0.3) is 0 Å². The van der Waals surface area contributed by atoms with Gasteiger partial charge in [0.1, 0.15) is 11.6 Å². The molecule has 0 unspecified atom stereocenters.